The highest BCUT2D eigenvalue weighted by atomic mass is 32.2. The second kappa shape index (κ2) is 8.62. The predicted molar refractivity (Wildman–Crippen MR) is 89.6 cm³/mol. The Bertz CT molecular complexity index is 608. The first-order valence-electron chi connectivity index (χ1n) is 7.28. The largest absolute Gasteiger partial charge is 0.455 e. The van der Waals surface area contributed by atoms with Gasteiger partial charge in [-0.25, -0.2) is 14.8 Å². The predicted octanol–water partition coefficient (Wildman–Crippen LogP) is 1.35. The third kappa shape index (κ3) is 8.47. The fraction of sp³-hybridized carbons (Fsp3) is 0.533. The first-order valence-corrected chi connectivity index (χ1v) is 8.26. The van der Waals surface area contributed by atoms with Gasteiger partial charge in [-0.05, 0) is 40.7 Å². The molecule has 0 unspecified atom stereocenters. The highest BCUT2D eigenvalue weighted by molar-refractivity contribution is 7.99. The van der Waals surface area contributed by atoms with Gasteiger partial charge in [-0.15, -0.1) is 0 Å². The SMILES string of the molecule is Cc1cc(C)nc(SCC(=O)OCC(=O)NC(=O)NC(C)(C)C)n1. The zero-order chi connectivity index (χ0) is 18.3. The van der Waals surface area contributed by atoms with Crippen molar-refractivity contribution in [2.45, 2.75) is 45.3 Å². The number of nitrogens with one attached hydrogen (secondary N) is 2. The van der Waals surface area contributed by atoms with Gasteiger partial charge in [0.15, 0.2) is 11.8 Å². The van der Waals surface area contributed by atoms with Crippen LogP contribution in [-0.4, -0.2) is 45.8 Å². The standard InChI is InChI=1S/C15H22N4O4S/c1-9-6-10(2)17-14(16-9)24-8-12(21)23-7-11(20)18-13(22)19-15(3,4)5/h6H,7-8H2,1-5H3,(H2,18,19,20,22). The van der Waals surface area contributed by atoms with Gasteiger partial charge in [0.1, 0.15) is 0 Å². The molecule has 8 nitrogen and oxygen atoms in total. The first kappa shape index (κ1) is 19.9. The van der Waals surface area contributed by atoms with Crippen LogP contribution in [0.3, 0.4) is 0 Å². The molecule has 1 rings (SSSR count). The van der Waals surface area contributed by atoms with Crippen LogP contribution in [0.5, 0.6) is 0 Å². The maximum absolute atomic E-state index is 11.6. The lowest BCUT2D eigenvalue weighted by Gasteiger charge is -2.20. The van der Waals surface area contributed by atoms with E-state index in [1.165, 1.54) is 0 Å². The van der Waals surface area contributed by atoms with Gasteiger partial charge in [0.2, 0.25) is 0 Å². The van der Waals surface area contributed by atoms with E-state index in [4.69, 9.17) is 4.74 Å². The topological polar surface area (TPSA) is 110 Å². The van der Waals surface area contributed by atoms with E-state index < -0.39 is 30.1 Å². The third-order valence-corrected chi connectivity index (χ3v) is 3.21. The van der Waals surface area contributed by atoms with E-state index in [1.54, 1.807) is 20.8 Å². The summed E-state index contributed by atoms with van der Waals surface area (Å²) in [5, 5.41) is 5.12. The molecule has 0 radical (unpaired) electrons. The summed E-state index contributed by atoms with van der Waals surface area (Å²) >= 11 is 1.12. The minimum atomic E-state index is -0.697. The van der Waals surface area contributed by atoms with Crippen molar-refractivity contribution in [1.29, 1.82) is 0 Å². The second-order valence-electron chi connectivity index (χ2n) is 6.13. The Morgan fingerprint density at radius 3 is 2.29 bits per heavy atom. The molecule has 0 saturated heterocycles. The minimum Gasteiger partial charge on any atom is -0.455 e. The number of aryl methyl sites for hydroxylation is 2. The molecule has 24 heavy (non-hydrogen) atoms. The number of ether oxygens (including phenoxy) is 1. The number of rotatable bonds is 5. The molecule has 0 fully saturated rings. The van der Waals surface area contributed by atoms with E-state index >= 15 is 0 Å². The van der Waals surface area contributed by atoms with Gasteiger partial charge in [0, 0.05) is 16.9 Å². The molecule has 9 heteroatoms. The van der Waals surface area contributed by atoms with Crippen LogP contribution in [-0.2, 0) is 14.3 Å². The average molecular weight is 354 g/mol. The van der Waals surface area contributed by atoms with Crippen molar-refractivity contribution in [2.75, 3.05) is 12.4 Å². The number of amides is 3. The van der Waals surface area contributed by atoms with Crippen molar-refractivity contribution in [3.8, 4) is 0 Å². The van der Waals surface area contributed by atoms with Crippen molar-refractivity contribution in [3.05, 3.63) is 17.5 Å². The lowest BCUT2D eigenvalue weighted by Crippen LogP contribution is -2.49. The van der Waals surface area contributed by atoms with E-state index in [0.717, 1.165) is 23.1 Å². The Morgan fingerprint density at radius 1 is 1.17 bits per heavy atom. The molecule has 2 N–H and O–H groups in total. The summed E-state index contributed by atoms with van der Waals surface area (Å²) in [7, 11) is 0. The lowest BCUT2D eigenvalue weighted by atomic mass is 10.1. The van der Waals surface area contributed by atoms with Crippen molar-refractivity contribution in [3.63, 3.8) is 0 Å². The van der Waals surface area contributed by atoms with Gasteiger partial charge < -0.3 is 10.1 Å². The quantitative estimate of drug-likeness (QED) is 0.466. The number of nitrogens with zero attached hydrogens (tertiary/aromatic N) is 2. The summed E-state index contributed by atoms with van der Waals surface area (Å²) in [6.07, 6.45) is 0. The van der Waals surface area contributed by atoms with Gasteiger partial charge in [-0.3, -0.25) is 14.9 Å². The molecule has 0 aliphatic heterocycles. The molecule has 1 heterocycles. The molecule has 0 spiro atoms. The number of hydrogen-bond acceptors (Lipinski definition) is 7. The summed E-state index contributed by atoms with van der Waals surface area (Å²) in [6, 6.07) is 1.19. The van der Waals surface area contributed by atoms with E-state index in [1.807, 2.05) is 19.9 Å². The number of aromatic nitrogens is 2. The molecular formula is C15H22N4O4S. The van der Waals surface area contributed by atoms with Crippen molar-refractivity contribution in [2.24, 2.45) is 0 Å². The van der Waals surface area contributed by atoms with Gasteiger partial charge in [0.05, 0.1) is 5.75 Å². The zero-order valence-electron chi connectivity index (χ0n) is 14.4. The molecule has 0 bridgehead atoms. The average Bonchev–Trinajstić information content (AvgIpc) is 2.39. The fourth-order valence-corrected chi connectivity index (χ4v) is 2.35. The van der Waals surface area contributed by atoms with Crippen molar-refractivity contribution >= 4 is 29.7 Å². The van der Waals surface area contributed by atoms with Crippen molar-refractivity contribution in [1.82, 2.24) is 20.6 Å². The van der Waals surface area contributed by atoms with Crippen LogP contribution < -0.4 is 10.6 Å². The summed E-state index contributed by atoms with van der Waals surface area (Å²) in [6.45, 7) is 8.49. The van der Waals surface area contributed by atoms with Crippen LogP contribution in [0.25, 0.3) is 0 Å². The van der Waals surface area contributed by atoms with Crippen LogP contribution in [0.15, 0.2) is 11.2 Å². The summed E-state index contributed by atoms with van der Waals surface area (Å²) in [5.41, 5.74) is 1.15. The van der Waals surface area contributed by atoms with Gasteiger partial charge in [-0.2, -0.15) is 0 Å². The number of urea groups is 1. The molecule has 0 saturated carbocycles. The highest BCUT2D eigenvalue weighted by Gasteiger charge is 2.16. The Balaban J connectivity index is 2.33. The molecule has 132 valence electrons. The Labute approximate surface area is 145 Å². The molecule has 0 atom stereocenters. The number of carbonyl (C=O) groups is 3. The molecular weight excluding hydrogens is 332 g/mol. The van der Waals surface area contributed by atoms with E-state index in [9.17, 15) is 14.4 Å². The van der Waals surface area contributed by atoms with E-state index in [-0.39, 0.29) is 5.75 Å². The van der Waals surface area contributed by atoms with E-state index in [0.29, 0.717) is 5.16 Å². The zero-order valence-corrected chi connectivity index (χ0v) is 15.2. The molecule has 3 amide bonds. The number of esters is 1. The Hall–Kier alpha value is -2.16. The lowest BCUT2D eigenvalue weighted by molar-refractivity contribution is -0.145. The second-order valence-corrected chi connectivity index (χ2v) is 7.08. The van der Waals surface area contributed by atoms with Crippen LogP contribution in [0.1, 0.15) is 32.2 Å². The molecule has 1 aromatic rings. The van der Waals surface area contributed by atoms with Gasteiger partial charge >= 0.3 is 12.0 Å². The number of hydrogen-bond donors (Lipinski definition) is 2. The van der Waals surface area contributed by atoms with Crippen LogP contribution in [0.2, 0.25) is 0 Å². The Kier molecular flexibility index (Phi) is 7.15. The molecule has 1 aromatic heterocycles. The van der Waals surface area contributed by atoms with Crippen molar-refractivity contribution < 1.29 is 19.1 Å². The smallest absolute Gasteiger partial charge is 0.321 e. The summed E-state index contributed by atoms with van der Waals surface area (Å²) in [5.74, 6) is -1.31. The van der Waals surface area contributed by atoms with Crippen LogP contribution in [0.4, 0.5) is 4.79 Å². The molecule has 0 aliphatic carbocycles. The summed E-state index contributed by atoms with van der Waals surface area (Å²) in [4.78, 5) is 43.0. The molecule has 0 aromatic carbocycles. The van der Waals surface area contributed by atoms with Crippen LogP contribution in [0, 0.1) is 13.8 Å². The Morgan fingerprint density at radius 2 is 1.75 bits per heavy atom. The fourth-order valence-electron chi connectivity index (χ4n) is 1.60. The minimum absolute atomic E-state index is 0.0235. The number of carbonyl (C=O) groups excluding carboxylic acids is 3. The monoisotopic (exact) mass is 354 g/mol. The number of imide groups is 1. The number of thioether (sulfide) groups is 1. The molecule has 0 aliphatic rings. The maximum atomic E-state index is 11.6. The summed E-state index contributed by atoms with van der Waals surface area (Å²) < 4.78 is 4.81. The maximum Gasteiger partial charge on any atom is 0.321 e. The van der Waals surface area contributed by atoms with Gasteiger partial charge in [0.25, 0.3) is 5.91 Å². The highest BCUT2D eigenvalue weighted by Crippen LogP contribution is 2.14. The normalized spacial score (nSPS) is 10.9. The first-order chi connectivity index (χ1) is 11.0. The van der Waals surface area contributed by atoms with E-state index in [2.05, 4.69) is 20.6 Å². The third-order valence-electron chi connectivity index (χ3n) is 2.39. The van der Waals surface area contributed by atoms with Gasteiger partial charge in [-0.1, -0.05) is 11.8 Å². The van der Waals surface area contributed by atoms with Crippen LogP contribution >= 0.6 is 11.8 Å².